The summed E-state index contributed by atoms with van der Waals surface area (Å²) in [4.78, 5) is 5.04. The van der Waals surface area contributed by atoms with Crippen LogP contribution in [-0.4, -0.2) is 0 Å². The first-order valence-corrected chi connectivity index (χ1v) is 28.0. The lowest BCUT2D eigenvalue weighted by molar-refractivity contribution is 0.633. The molecule has 1 aliphatic rings. The van der Waals surface area contributed by atoms with Crippen LogP contribution in [0.2, 0.25) is 0 Å². The van der Waals surface area contributed by atoms with Crippen molar-refractivity contribution in [3.05, 3.63) is 266 Å². The zero-order chi connectivity index (χ0) is 51.4. The average molecular weight is 1010 g/mol. The van der Waals surface area contributed by atoms with Crippen molar-refractivity contribution in [1.29, 1.82) is 0 Å². The van der Waals surface area contributed by atoms with Gasteiger partial charge in [0.25, 0.3) is 0 Å². The van der Waals surface area contributed by atoms with E-state index < -0.39 is 0 Å². The molecule has 0 radical (unpaired) electrons. The topological polar surface area (TPSA) is 6.48 Å². The van der Waals surface area contributed by atoms with Crippen LogP contribution >= 0.6 is 11.3 Å². The lowest BCUT2D eigenvalue weighted by Gasteiger charge is -2.42. The van der Waals surface area contributed by atoms with E-state index in [1.807, 2.05) is 11.3 Å². The summed E-state index contributed by atoms with van der Waals surface area (Å²) in [6.45, 7) is 4.85. The summed E-state index contributed by atoms with van der Waals surface area (Å²) in [5, 5.41) is 20.8. The summed E-state index contributed by atoms with van der Waals surface area (Å²) in [5.74, 6) is 0. The smallest absolute Gasteiger partial charge is 0.0540 e. The molecular weight excluding hydrogens is 961 g/mol. The lowest BCUT2D eigenvalue weighted by atomic mass is 9.73. The van der Waals surface area contributed by atoms with E-state index in [-0.39, 0.29) is 5.41 Å². The number of hydrogen-bond acceptors (Lipinski definition) is 3. The van der Waals surface area contributed by atoms with Crippen LogP contribution in [0.4, 0.5) is 34.1 Å². The van der Waals surface area contributed by atoms with Gasteiger partial charge in [-0.1, -0.05) is 208 Å². The molecule has 1 aliphatic heterocycles. The number of hydrogen-bond donors (Lipinski definition) is 0. The highest BCUT2D eigenvalue weighted by atomic mass is 32.1. The van der Waals surface area contributed by atoms with Crippen molar-refractivity contribution in [2.24, 2.45) is 0 Å². The van der Waals surface area contributed by atoms with Crippen molar-refractivity contribution >= 4 is 141 Å². The summed E-state index contributed by atoms with van der Waals surface area (Å²) in [7, 11) is 0. The second-order valence-electron chi connectivity index (χ2n) is 21.9. The maximum absolute atomic E-state index is 2.59. The third kappa shape index (κ3) is 6.13. The first-order valence-electron chi connectivity index (χ1n) is 27.1. The molecule has 0 amide bonds. The quantitative estimate of drug-likeness (QED) is 0.121. The minimum atomic E-state index is -0.271. The van der Waals surface area contributed by atoms with E-state index in [0.29, 0.717) is 0 Å². The standard InChI is InChI=1S/C75H48N2S/c1-75(2)62-24-9-10-25-66(62)77(67-44-68-61(42-63(67)75)74-59-23-13-22-55-54-20-11-18-49-19-12-21-56(70(49)54)60(73(55)59)43-69(74)78-68)65-41-33-51-30-38-57-64(40-32-50-31-39-58(65)72(51)71(50)57)76(52-34-26-47(27-35-52)45-14-5-3-6-15-45)53-36-28-48(29-37-53)46-16-7-4-8-17-46/h3-44H,1-2H3. The van der Waals surface area contributed by atoms with Gasteiger partial charge in [-0.05, 0) is 159 Å². The molecule has 0 atom stereocenters. The lowest BCUT2D eigenvalue weighted by Crippen LogP contribution is -2.30. The molecule has 2 heterocycles. The SMILES string of the molecule is CC1(C)c2ccccc2N(c2ccc3ccc4c(N(c5ccc(-c6ccccc6)cc5)c5ccc(-c6ccccc6)cc5)ccc5ccc2c3c54)c2cc3sc4cc5c6cccc7cccc(c8cccc(c4c3cc21)c85)c76. The fourth-order valence-corrected chi connectivity index (χ4v) is 15.1. The number of thiophene rings is 1. The molecule has 1 aromatic heterocycles. The molecule has 0 bridgehead atoms. The third-order valence-corrected chi connectivity index (χ3v) is 18.6. The highest BCUT2D eigenvalue weighted by Gasteiger charge is 2.38. The van der Waals surface area contributed by atoms with Gasteiger partial charge in [-0.2, -0.15) is 0 Å². The van der Waals surface area contributed by atoms with Gasteiger partial charge in [0.05, 0.1) is 22.7 Å². The normalized spacial score (nSPS) is 13.3. The number of nitrogens with zero attached hydrogens (tertiary/aromatic N) is 2. The molecule has 0 aliphatic carbocycles. The molecule has 17 rings (SSSR count). The average Bonchev–Trinajstić information content (AvgIpc) is 3.63. The van der Waals surface area contributed by atoms with Crippen LogP contribution in [0.1, 0.15) is 25.0 Å². The van der Waals surface area contributed by atoms with Crippen LogP contribution in [0.3, 0.4) is 0 Å². The molecule has 364 valence electrons. The van der Waals surface area contributed by atoms with Gasteiger partial charge < -0.3 is 9.80 Å². The summed E-state index contributed by atoms with van der Waals surface area (Å²) in [5.41, 5.74) is 14.2. The molecule has 0 spiro atoms. The highest BCUT2D eigenvalue weighted by molar-refractivity contribution is 7.26. The Morgan fingerprint density at radius 2 is 0.846 bits per heavy atom. The highest BCUT2D eigenvalue weighted by Crippen LogP contribution is 2.57. The van der Waals surface area contributed by atoms with Crippen LogP contribution in [0.15, 0.2) is 255 Å². The number of rotatable bonds is 6. The van der Waals surface area contributed by atoms with Gasteiger partial charge in [-0.25, -0.2) is 0 Å². The maximum Gasteiger partial charge on any atom is 0.0540 e. The Hall–Kier alpha value is -9.54. The first kappa shape index (κ1) is 43.7. The van der Waals surface area contributed by atoms with Crippen LogP contribution in [0.5, 0.6) is 0 Å². The van der Waals surface area contributed by atoms with E-state index in [1.54, 1.807) is 0 Å². The molecule has 2 nitrogen and oxygen atoms in total. The minimum absolute atomic E-state index is 0.271. The van der Waals surface area contributed by atoms with Gasteiger partial charge in [0.1, 0.15) is 0 Å². The van der Waals surface area contributed by atoms with Gasteiger partial charge in [0.15, 0.2) is 0 Å². The van der Waals surface area contributed by atoms with Gasteiger partial charge in [-0.15, -0.1) is 11.3 Å². The van der Waals surface area contributed by atoms with E-state index in [9.17, 15) is 0 Å². The zero-order valence-electron chi connectivity index (χ0n) is 43.1. The van der Waals surface area contributed by atoms with E-state index in [0.717, 1.165) is 17.1 Å². The summed E-state index contributed by atoms with van der Waals surface area (Å²) >= 11 is 1.94. The van der Waals surface area contributed by atoms with Crippen LogP contribution in [-0.2, 0) is 5.41 Å². The number of anilines is 6. The van der Waals surface area contributed by atoms with Crippen LogP contribution < -0.4 is 9.80 Å². The molecule has 15 aromatic carbocycles. The Morgan fingerprint density at radius 3 is 1.54 bits per heavy atom. The van der Waals surface area contributed by atoms with Crippen molar-refractivity contribution in [2.75, 3.05) is 9.80 Å². The molecule has 0 saturated carbocycles. The Morgan fingerprint density at radius 1 is 0.308 bits per heavy atom. The third-order valence-electron chi connectivity index (χ3n) is 17.5. The van der Waals surface area contributed by atoms with Crippen molar-refractivity contribution in [3.63, 3.8) is 0 Å². The Bertz CT molecular complexity index is 5010. The van der Waals surface area contributed by atoms with E-state index in [4.69, 9.17) is 0 Å². The van der Waals surface area contributed by atoms with Gasteiger partial charge >= 0.3 is 0 Å². The summed E-state index contributed by atoms with van der Waals surface area (Å²) in [6, 6.07) is 95.6. The molecule has 0 saturated heterocycles. The molecule has 0 unspecified atom stereocenters. The second-order valence-corrected chi connectivity index (χ2v) is 23.0. The van der Waals surface area contributed by atoms with Crippen LogP contribution in [0.25, 0.3) is 118 Å². The summed E-state index contributed by atoms with van der Waals surface area (Å²) in [6.07, 6.45) is 0. The zero-order valence-corrected chi connectivity index (χ0v) is 43.9. The van der Waals surface area contributed by atoms with Gasteiger partial charge in [0, 0.05) is 47.7 Å². The maximum atomic E-state index is 2.59. The number of para-hydroxylation sites is 1. The molecular formula is C75H48N2S. The minimum Gasteiger partial charge on any atom is -0.310 e. The van der Waals surface area contributed by atoms with Crippen LogP contribution in [0, 0.1) is 0 Å². The Balaban J connectivity index is 0.877. The number of fused-ring (bicyclic) bond motifs is 8. The fraction of sp³-hybridized carbons (Fsp3) is 0.0400. The summed E-state index contributed by atoms with van der Waals surface area (Å²) < 4.78 is 2.64. The van der Waals surface area contributed by atoms with Crippen molar-refractivity contribution in [1.82, 2.24) is 0 Å². The van der Waals surface area contributed by atoms with Crippen molar-refractivity contribution in [3.8, 4) is 22.3 Å². The first-order chi connectivity index (χ1) is 38.4. The predicted octanol–water partition coefficient (Wildman–Crippen LogP) is 21.9. The fourth-order valence-electron chi connectivity index (χ4n) is 13.9. The predicted molar refractivity (Wildman–Crippen MR) is 337 cm³/mol. The van der Waals surface area contributed by atoms with E-state index in [1.165, 1.54) is 146 Å². The molecule has 3 heteroatoms. The number of benzene rings is 15. The molecule has 0 fully saturated rings. The molecule has 78 heavy (non-hydrogen) atoms. The Kier molecular flexibility index (Phi) is 9.09. The molecule has 16 aromatic rings. The van der Waals surface area contributed by atoms with E-state index in [2.05, 4.69) is 278 Å². The second kappa shape index (κ2) is 16.2. The van der Waals surface area contributed by atoms with Gasteiger partial charge in [0.2, 0.25) is 0 Å². The van der Waals surface area contributed by atoms with E-state index >= 15 is 0 Å². The van der Waals surface area contributed by atoms with Crippen molar-refractivity contribution in [2.45, 2.75) is 19.3 Å². The Labute approximate surface area is 455 Å². The largest absolute Gasteiger partial charge is 0.310 e. The monoisotopic (exact) mass is 1010 g/mol. The van der Waals surface area contributed by atoms with Crippen molar-refractivity contribution < 1.29 is 0 Å². The van der Waals surface area contributed by atoms with Gasteiger partial charge in [-0.3, -0.25) is 0 Å². The molecule has 0 N–H and O–H groups in total.